The van der Waals surface area contributed by atoms with Crippen molar-refractivity contribution in [2.75, 3.05) is 0 Å². The van der Waals surface area contributed by atoms with Crippen molar-refractivity contribution in [3.63, 3.8) is 0 Å². The summed E-state index contributed by atoms with van der Waals surface area (Å²) in [6.07, 6.45) is -0.906. The van der Waals surface area contributed by atoms with Gasteiger partial charge < -0.3 is 10.1 Å². The molecular weight excluding hydrogens is 158 g/mol. The second-order valence-corrected chi connectivity index (χ2v) is 9.31. The van der Waals surface area contributed by atoms with E-state index in [1.807, 2.05) is 13.1 Å². The van der Waals surface area contributed by atoms with Gasteiger partial charge in [0.15, 0.2) is 8.24 Å². The number of hydrogen-bond acceptors (Lipinski definition) is 1. The van der Waals surface area contributed by atoms with Crippen LogP contribution in [-0.4, -0.2) is 19.4 Å². The average Bonchev–Trinajstić information content (AvgIpc) is 1.56. The van der Waals surface area contributed by atoms with Crippen molar-refractivity contribution in [2.45, 2.75) is 38.9 Å². The van der Waals surface area contributed by atoms with E-state index in [2.05, 4.69) is 25.8 Å². The molecule has 0 aliphatic heterocycles. The molecule has 0 spiro atoms. The first-order valence-corrected chi connectivity index (χ1v) is 6.68. The fourth-order valence-corrected chi connectivity index (χ4v) is 1.36. The van der Waals surface area contributed by atoms with Crippen molar-refractivity contribution in [3.05, 3.63) is 0 Å². The topological polar surface area (TPSA) is 49.3 Å². The maximum atomic E-state index is 10.4. The molecule has 0 rings (SSSR count). The van der Waals surface area contributed by atoms with E-state index >= 15 is 0 Å². The standard InChI is InChI=1S/C7H17NO2Si/c1-7(2,3)11(4,5)8-6(9)10/h8H,1-5H3,(H,9,10). The van der Waals surface area contributed by atoms with Gasteiger partial charge >= 0.3 is 6.09 Å². The molecule has 1 amide bonds. The van der Waals surface area contributed by atoms with E-state index in [9.17, 15) is 4.79 Å². The van der Waals surface area contributed by atoms with Gasteiger partial charge in [0, 0.05) is 0 Å². The SMILES string of the molecule is CC(C)(C)[Si](C)(C)NC(=O)O. The molecule has 0 aliphatic rings. The smallest absolute Gasteiger partial charge is 0.396 e. The highest BCUT2D eigenvalue weighted by Gasteiger charge is 2.37. The van der Waals surface area contributed by atoms with Crippen LogP contribution in [0.5, 0.6) is 0 Å². The number of nitrogens with one attached hydrogen (secondary N) is 1. The van der Waals surface area contributed by atoms with Crippen molar-refractivity contribution in [3.8, 4) is 0 Å². The molecule has 0 aromatic heterocycles. The zero-order valence-corrected chi connectivity index (χ0v) is 8.86. The van der Waals surface area contributed by atoms with Gasteiger partial charge in [-0.1, -0.05) is 33.9 Å². The van der Waals surface area contributed by atoms with Crippen molar-refractivity contribution in [1.82, 2.24) is 4.98 Å². The van der Waals surface area contributed by atoms with Crippen LogP contribution in [0.1, 0.15) is 20.8 Å². The lowest BCUT2D eigenvalue weighted by Gasteiger charge is -2.35. The molecule has 0 fully saturated rings. The van der Waals surface area contributed by atoms with Gasteiger partial charge in [-0.15, -0.1) is 0 Å². The number of amides is 1. The molecule has 0 aromatic carbocycles. The minimum absolute atomic E-state index is 0.0748. The Labute approximate surface area is 68.9 Å². The molecular formula is C7H17NO2Si. The van der Waals surface area contributed by atoms with E-state index < -0.39 is 14.3 Å². The summed E-state index contributed by atoms with van der Waals surface area (Å²) in [4.78, 5) is 13.0. The Morgan fingerprint density at radius 3 is 1.82 bits per heavy atom. The van der Waals surface area contributed by atoms with Crippen LogP contribution in [0.4, 0.5) is 4.79 Å². The van der Waals surface area contributed by atoms with E-state index in [-0.39, 0.29) is 5.04 Å². The first-order valence-electron chi connectivity index (χ1n) is 3.68. The quantitative estimate of drug-likeness (QED) is 0.601. The third kappa shape index (κ3) is 2.92. The van der Waals surface area contributed by atoms with Crippen LogP contribution >= 0.6 is 0 Å². The molecule has 0 radical (unpaired) electrons. The molecule has 66 valence electrons. The van der Waals surface area contributed by atoms with E-state index in [0.717, 1.165) is 0 Å². The van der Waals surface area contributed by atoms with E-state index in [4.69, 9.17) is 5.11 Å². The normalized spacial score (nSPS) is 12.8. The zero-order valence-electron chi connectivity index (χ0n) is 7.86. The molecule has 0 saturated heterocycles. The summed E-state index contributed by atoms with van der Waals surface area (Å²) in [6, 6.07) is 0. The van der Waals surface area contributed by atoms with Gasteiger partial charge in [-0.25, -0.2) is 4.79 Å². The lowest BCUT2D eigenvalue weighted by atomic mass is 10.2. The highest BCUT2D eigenvalue weighted by Crippen LogP contribution is 2.33. The van der Waals surface area contributed by atoms with Crippen LogP contribution in [0.15, 0.2) is 0 Å². The van der Waals surface area contributed by atoms with Crippen LogP contribution in [-0.2, 0) is 0 Å². The second-order valence-electron chi connectivity index (χ2n) is 4.31. The zero-order chi connectivity index (χ0) is 9.28. The number of carboxylic acid groups (broad SMARTS) is 1. The molecule has 0 saturated carbocycles. The van der Waals surface area contributed by atoms with Gasteiger partial charge in [0.25, 0.3) is 0 Å². The van der Waals surface area contributed by atoms with Crippen LogP contribution < -0.4 is 4.98 Å². The minimum Gasteiger partial charge on any atom is -0.466 e. The summed E-state index contributed by atoms with van der Waals surface area (Å²) < 4.78 is 0. The molecule has 0 bridgehead atoms. The van der Waals surface area contributed by atoms with Crippen molar-refractivity contribution >= 4 is 14.3 Å². The largest absolute Gasteiger partial charge is 0.466 e. The van der Waals surface area contributed by atoms with Crippen LogP contribution in [0, 0.1) is 0 Å². The summed E-state index contributed by atoms with van der Waals surface area (Å²) in [6.45, 7) is 10.2. The Morgan fingerprint density at radius 1 is 1.36 bits per heavy atom. The predicted molar refractivity (Wildman–Crippen MR) is 48.4 cm³/mol. The lowest BCUT2D eigenvalue weighted by Crippen LogP contribution is -2.54. The average molecular weight is 175 g/mol. The summed E-state index contributed by atoms with van der Waals surface area (Å²) in [7, 11) is -1.82. The number of carbonyl (C=O) groups is 1. The van der Waals surface area contributed by atoms with Crippen LogP contribution in [0.2, 0.25) is 18.1 Å². The molecule has 2 N–H and O–H groups in total. The first-order chi connectivity index (χ1) is 4.67. The fourth-order valence-electron chi connectivity index (χ4n) is 0.455. The molecule has 0 heterocycles. The van der Waals surface area contributed by atoms with Crippen LogP contribution in [0.3, 0.4) is 0 Å². The van der Waals surface area contributed by atoms with Gasteiger partial charge in [0.2, 0.25) is 0 Å². The van der Waals surface area contributed by atoms with Gasteiger partial charge in [-0.05, 0) is 5.04 Å². The Hall–Kier alpha value is -0.513. The maximum absolute atomic E-state index is 10.4. The molecule has 0 aliphatic carbocycles. The Morgan fingerprint density at radius 2 is 1.73 bits per heavy atom. The van der Waals surface area contributed by atoms with E-state index in [0.29, 0.717) is 0 Å². The fraction of sp³-hybridized carbons (Fsp3) is 0.857. The molecule has 3 nitrogen and oxygen atoms in total. The van der Waals surface area contributed by atoms with Gasteiger partial charge in [0.1, 0.15) is 0 Å². The van der Waals surface area contributed by atoms with Crippen LogP contribution in [0.25, 0.3) is 0 Å². The van der Waals surface area contributed by atoms with E-state index in [1.54, 1.807) is 0 Å². The highest BCUT2D eigenvalue weighted by molar-refractivity contribution is 6.79. The minimum atomic E-state index is -1.82. The third-order valence-corrected chi connectivity index (χ3v) is 6.88. The second kappa shape index (κ2) is 2.85. The molecule has 0 aromatic rings. The Kier molecular flexibility index (Phi) is 2.72. The summed E-state index contributed by atoms with van der Waals surface area (Å²) in [5, 5.41) is 8.61. The highest BCUT2D eigenvalue weighted by atomic mass is 28.3. The number of hydrogen-bond donors (Lipinski definition) is 2. The molecule has 0 unspecified atom stereocenters. The van der Waals surface area contributed by atoms with Crippen molar-refractivity contribution in [2.24, 2.45) is 0 Å². The van der Waals surface area contributed by atoms with Gasteiger partial charge in [-0.3, -0.25) is 0 Å². The monoisotopic (exact) mass is 175 g/mol. The first kappa shape index (κ1) is 10.5. The summed E-state index contributed by atoms with van der Waals surface area (Å²) in [5.41, 5.74) is 0. The Bertz CT molecular complexity index is 160. The van der Waals surface area contributed by atoms with Crippen molar-refractivity contribution < 1.29 is 9.90 Å². The molecule has 4 heteroatoms. The lowest BCUT2D eigenvalue weighted by molar-refractivity contribution is 0.200. The maximum Gasteiger partial charge on any atom is 0.396 e. The molecule has 0 atom stereocenters. The summed E-state index contributed by atoms with van der Waals surface area (Å²) >= 11 is 0. The van der Waals surface area contributed by atoms with E-state index in [1.165, 1.54) is 0 Å². The molecule has 11 heavy (non-hydrogen) atoms. The Balaban J connectivity index is 4.34. The number of rotatable bonds is 1. The summed E-state index contributed by atoms with van der Waals surface area (Å²) in [5.74, 6) is 0. The van der Waals surface area contributed by atoms with Crippen molar-refractivity contribution in [1.29, 1.82) is 0 Å². The van der Waals surface area contributed by atoms with Gasteiger partial charge in [0.05, 0.1) is 0 Å². The predicted octanol–water partition coefficient (Wildman–Crippen LogP) is 2.26. The van der Waals surface area contributed by atoms with Gasteiger partial charge in [-0.2, -0.15) is 0 Å². The third-order valence-electron chi connectivity index (χ3n) is 2.29.